The zero-order valence-corrected chi connectivity index (χ0v) is 18.2. The molecule has 3 aromatic rings. The van der Waals surface area contributed by atoms with Gasteiger partial charge in [0.15, 0.2) is 5.43 Å². The van der Waals surface area contributed by atoms with Crippen molar-refractivity contribution in [3.8, 4) is 11.5 Å². The summed E-state index contributed by atoms with van der Waals surface area (Å²) in [4.78, 5) is 30.5. The van der Waals surface area contributed by atoms with Gasteiger partial charge in [-0.05, 0) is 50.8 Å². The molecule has 1 aliphatic heterocycles. The molecule has 7 heteroatoms. The van der Waals surface area contributed by atoms with Crippen LogP contribution in [0.15, 0.2) is 51.7 Å². The van der Waals surface area contributed by atoms with Crippen LogP contribution in [0.4, 0.5) is 0 Å². The first-order valence-corrected chi connectivity index (χ1v) is 10.3. The third kappa shape index (κ3) is 3.77. The number of rotatable bonds is 7. The topological polar surface area (TPSA) is 72.2 Å². The molecule has 162 valence electrons. The van der Waals surface area contributed by atoms with Gasteiger partial charge in [0.25, 0.3) is 5.91 Å². The summed E-state index contributed by atoms with van der Waals surface area (Å²) in [7, 11) is 5.44. The second-order valence-electron chi connectivity index (χ2n) is 7.74. The van der Waals surface area contributed by atoms with Crippen LogP contribution in [0.25, 0.3) is 11.0 Å². The summed E-state index contributed by atoms with van der Waals surface area (Å²) in [6.07, 6.45) is 0. The lowest BCUT2D eigenvalue weighted by Gasteiger charge is -2.26. The Bertz CT molecular complexity index is 1170. The number of fused-ring (bicyclic) bond motifs is 2. The fourth-order valence-electron chi connectivity index (χ4n) is 3.92. The predicted octanol–water partition coefficient (Wildman–Crippen LogP) is 3.31. The zero-order chi connectivity index (χ0) is 22.1. The maximum atomic E-state index is 13.5. The SMILES string of the molecule is CCOc1ccc([C@H]2c3c(oc4cc(OC)ccc4c3=O)C(=O)N2CCN(C)C)cc1. The summed E-state index contributed by atoms with van der Waals surface area (Å²) in [5.41, 5.74) is 1.37. The quantitative estimate of drug-likeness (QED) is 0.582. The van der Waals surface area contributed by atoms with Crippen LogP contribution in [0.2, 0.25) is 0 Å². The number of amides is 1. The lowest BCUT2D eigenvalue weighted by atomic mass is 9.98. The van der Waals surface area contributed by atoms with Crippen molar-refractivity contribution < 1.29 is 18.7 Å². The number of carbonyl (C=O) groups is 1. The second kappa shape index (κ2) is 8.43. The monoisotopic (exact) mass is 422 g/mol. The Morgan fingerprint density at radius 3 is 2.42 bits per heavy atom. The van der Waals surface area contributed by atoms with Crippen molar-refractivity contribution >= 4 is 16.9 Å². The first kappa shape index (κ1) is 20.9. The molecule has 0 fully saturated rings. The van der Waals surface area contributed by atoms with E-state index in [0.717, 1.165) is 11.3 Å². The maximum absolute atomic E-state index is 13.5. The minimum Gasteiger partial charge on any atom is -0.497 e. The van der Waals surface area contributed by atoms with Crippen molar-refractivity contribution in [1.82, 2.24) is 9.80 Å². The van der Waals surface area contributed by atoms with Crippen molar-refractivity contribution in [3.05, 3.63) is 69.6 Å². The van der Waals surface area contributed by atoms with E-state index in [0.29, 0.717) is 42.0 Å². The molecular weight excluding hydrogens is 396 g/mol. The number of methoxy groups -OCH3 is 1. The van der Waals surface area contributed by atoms with Gasteiger partial charge in [0.05, 0.1) is 30.7 Å². The lowest BCUT2D eigenvalue weighted by molar-refractivity contribution is 0.0716. The molecule has 0 saturated heterocycles. The molecule has 0 spiro atoms. The van der Waals surface area contributed by atoms with Crippen LogP contribution < -0.4 is 14.9 Å². The van der Waals surface area contributed by atoms with Crippen molar-refractivity contribution in [1.29, 1.82) is 0 Å². The molecule has 0 radical (unpaired) electrons. The van der Waals surface area contributed by atoms with Crippen molar-refractivity contribution in [2.24, 2.45) is 0 Å². The van der Waals surface area contributed by atoms with E-state index in [2.05, 4.69) is 0 Å². The van der Waals surface area contributed by atoms with Crippen LogP contribution in [0, 0.1) is 0 Å². The van der Waals surface area contributed by atoms with Gasteiger partial charge in [0.1, 0.15) is 17.1 Å². The Labute approximate surface area is 180 Å². The van der Waals surface area contributed by atoms with Crippen LogP contribution in [0.5, 0.6) is 11.5 Å². The smallest absolute Gasteiger partial charge is 0.290 e. The highest BCUT2D eigenvalue weighted by Crippen LogP contribution is 2.38. The van der Waals surface area contributed by atoms with Gasteiger partial charge < -0.3 is 23.7 Å². The summed E-state index contributed by atoms with van der Waals surface area (Å²) in [6, 6.07) is 12.1. The molecule has 0 saturated carbocycles. The minimum absolute atomic E-state index is 0.100. The summed E-state index contributed by atoms with van der Waals surface area (Å²) < 4.78 is 16.8. The van der Waals surface area contributed by atoms with E-state index in [1.54, 1.807) is 30.2 Å². The van der Waals surface area contributed by atoms with Crippen LogP contribution >= 0.6 is 0 Å². The fraction of sp³-hybridized carbons (Fsp3) is 0.333. The van der Waals surface area contributed by atoms with Gasteiger partial charge >= 0.3 is 0 Å². The summed E-state index contributed by atoms with van der Waals surface area (Å²) in [5, 5.41) is 0.428. The van der Waals surface area contributed by atoms with Gasteiger partial charge in [-0.1, -0.05) is 12.1 Å². The van der Waals surface area contributed by atoms with E-state index >= 15 is 0 Å². The van der Waals surface area contributed by atoms with E-state index in [-0.39, 0.29) is 17.1 Å². The van der Waals surface area contributed by atoms with E-state index in [9.17, 15) is 9.59 Å². The Morgan fingerprint density at radius 1 is 1.06 bits per heavy atom. The number of hydrogen-bond acceptors (Lipinski definition) is 6. The molecule has 0 unspecified atom stereocenters. The molecule has 4 rings (SSSR count). The van der Waals surface area contributed by atoms with Crippen molar-refractivity contribution in [2.75, 3.05) is 40.9 Å². The first-order valence-electron chi connectivity index (χ1n) is 10.3. The van der Waals surface area contributed by atoms with Crippen LogP contribution in [0.1, 0.15) is 34.6 Å². The molecule has 0 bridgehead atoms. The van der Waals surface area contributed by atoms with Gasteiger partial charge in [0, 0.05) is 19.2 Å². The van der Waals surface area contributed by atoms with E-state index in [4.69, 9.17) is 13.9 Å². The maximum Gasteiger partial charge on any atom is 0.290 e. The average Bonchev–Trinajstić information content (AvgIpc) is 3.04. The van der Waals surface area contributed by atoms with Gasteiger partial charge in [-0.2, -0.15) is 0 Å². The Balaban J connectivity index is 1.87. The highest BCUT2D eigenvalue weighted by Gasteiger charge is 2.42. The third-order valence-electron chi connectivity index (χ3n) is 5.47. The van der Waals surface area contributed by atoms with E-state index < -0.39 is 6.04 Å². The highest BCUT2D eigenvalue weighted by atomic mass is 16.5. The van der Waals surface area contributed by atoms with Crippen LogP contribution in [-0.4, -0.2) is 56.6 Å². The molecule has 1 amide bonds. The number of carbonyl (C=O) groups excluding carboxylic acids is 1. The molecule has 1 aliphatic rings. The molecule has 0 aliphatic carbocycles. The number of benzene rings is 2. The Hall–Kier alpha value is -3.32. The average molecular weight is 422 g/mol. The second-order valence-corrected chi connectivity index (χ2v) is 7.74. The molecule has 2 heterocycles. The fourth-order valence-corrected chi connectivity index (χ4v) is 3.92. The minimum atomic E-state index is -0.513. The molecular formula is C24H26N2O5. The number of likely N-dealkylation sites (N-methyl/N-ethyl adjacent to an activating group) is 1. The highest BCUT2D eigenvalue weighted by molar-refractivity contribution is 5.99. The first-order chi connectivity index (χ1) is 14.9. The van der Waals surface area contributed by atoms with Crippen molar-refractivity contribution in [2.45, 2.75) is 13.0 Å². The number of hydrogen-bond donors (Lipinski definition) is 0. The Kier molecular flexibility index (Phi) is 5.69. The summed E-state index contributed by atoms with van der Waals surface area (Å²) in [6.45, 7) is 3.62. The van der Waals surface area contributed by atoms with Gasteiger partial charge in [-0.3, -0.25) is 9.59 Å². The number of nitrogens with zero attached hydrogens (tertiary/aromatic N) is 2. The summed E-state index contributed by atoms with van der Waals surface area (Å²) in [5.74, 6) is 1.13. The molecule has 1 atom stereocenters. The standard InChI is InChI=1S/C24H26N2O5/c1-5-30-16-8-6-15(7-9-16)21-20-22(27)18-11-10-17(29-4)14-19(18)31-23(20)24(28)26(21)13-12-25(2)3/h6-11,14,21H,5,12-13H2,1-4H3/t21-/m0/s1. The molecule has 7 nitrogen and oxygen atoms in total. The molecule has 1 aromatic heterocycles. The van der Waals surface area contributed by atoms with Gasteiger partial charge in [0.2, 0.25) is 5.76 Å². The largest absolute Gasteiger partial charge is 0.497 e. The normalized spacial score (nSPS) is 15.6. The Morgan fingerprint density at radius 2 is 1.77 bits per heavy atom. The van der Waals surface area contributed by atoms with E-state index in [1.165, 1.54) is 0 Å². The predicted molar refractivity (Wildman–Crippen MR) is 118 cm³/mol. The van der Waals surface area contributed by atoms with Gasteiger partial charge in [-0.25, -0.2) is 0 Å². The van der Waals surface area contributed by atoms with E-state index in [1.807, 2.05) is 50.2 Å². The lowest BCUT2D eigenvalue weighted by Crippen LogP contribution is -2.35. The zero-order valence-electron chi connectivity index (χ0n) is 18.2. The number of ether oxygens (including phenoxy) is 2. The van der Waals surface area contributed by atoms with Gasteiger partial charge in [-0.15, -0.1) is 0 Å². The third-order valence-corrected chi connectivity index (χ3v) is 5.47. The van der Waals surface area contributed by atoms with Crippen molar-refractivity contribution in [3.63, 3.8) is 0 Å². The molecule has 31 heavy (non-hydrogen) atoms. The molecule has 0 N–H and O–H groups in total. The van der Waals surface area contributed by atoms with Crippen LogP contribution in [-0.2, 0) is 0 Å². The van der Waals surface area contributed by atoms with Crippen LogP contribution in [0.3, 0.4) is 0 Å². The summed E-state index contributed by atoms with van der Waals surface area (Å²) >= 11 is 0. The molecule has 2 aromatic carbocycles.